The number of rotatable bonds is 3. The van der Waals surface area contributed by atoms with Crippen molar-refractivity contribution in [2.45, 2.75) is 13.0 Å². The van der Waals surface area contributed by atoms with Gasteiger partial charge in [-0.15, -0.1) is 0 Å². The third-order valence-corrected chi connectivity index (χ3v) is 4.42. The van der Waals surface area contributed by atoms with Crippen molar-refractivity contribution in [3.63, 3.8) is 0 Å². The number of aliphatic hydroxyl groups is 1. The molecule has 2 rings (SSSR count). The Morgan fingerprint density at radius 1 is 1.31 bits per heavy atom. The Morgan fingerprint density at radius 2 is 2.00 bits per heavy atom. The highest BCUT2D eigenvalue weighted by molar-refractivity contribution is 9.13. The normalized spacial score (nSPS) is 11.2. The first kappa shape index (κ1) is 12.4. The molecule has 1 N–H and O–H groups in total. The summed E-state index contributed by atoms with van der Waals surface area (Å²) in [6, 6.07) is 3.89. The molecular formula is C10H9Br2ClN2O. The Labute approximate surface area is 115 Å². The fraction of sp³-hybridized carbons (Fsp3) is 0.300. The summed E-state index contributed by atoms with van der Waals surface area (Å²) in [5.74, 6) is 0. The number of aliphatic hydroxyl groups excluding tert-OH is 1. The van der Waals surface area contributed by atoms with E-state index in [0.29, 0.717) is 18.2 Å². The van der Waals surface area contributed by atoms with Gasteiger partial charge >= 0.3 is 0 Å². The molecule has 0 radical (unpaired) electrons. The minimum absolute atomic E-state index is 0.147. The summed E-state index contributed by atoms with van der Waals surface area (Å²) >= 11 is 12.9. The molecule has 86 valence electrons. The van der Waals surface area contributed by atoms with Crippen molar-refractivity contribution in [2.24, 2.45) is 0 Å². The predicted molar refractivity (Wildman–Crippen MR) is 71.8 cm³/mol. The van der Waals surface area contributed by atoms with Crippen LogP contribution in [0.15, 0.2) is 21.1 Å². The van der Waals surface area contributed by atoms with E-state index in [0.717, 1.165) is 20.0 Å². The SMILES string of the molecule is OCCCn1c(Cl)nc2cc(Br)c(Br)cc21. The number of fused-ring (bicyclic) bond motifs is 1. The molecule has 1 heterocycles. The summed E-state index contributed by atoms with van der Waals surface area (Å²) in [6.45, 7) is 0.813. The summed E-state index contributed by atoms with van der Waals surface area (Å²) in [6.07, 6.45) is 0.666. The maximum Gasteiger partial charge on any atom is 0.203 e. The zero-order valence-electron chi connectivity index (χ0n) is 8.25. The zero-order chi connectivity index (χ0) is 11.7. The molecule has 0 atom stereocenters. The van der Waals surface area contributed by atoms with E-state index in [4.69, 9.17) is 16.7 Å². The molecule has 0 spiro atoms. The van der Waals surface area contributed by atoms with Gasteiger partial charge in [0.05, 0.1) is 11.0 Å². The molecule has 0 aliphatic rings. The number of imidazole rings is 1. The fourth-order valence-corrected chi connectivity index (χ4v) is 2.46. The van der Waals surface area contributed by atoms with Crippen LogP contribution in [-0.4, -0.2) is 21.3 Å². The van der Waals surface area contributed by atoms with Crippen molar-refractivity contribution in [1.82, 2.24) is 9.55 Å². The average Bonchev–Trinajstić information content (AvgIpc) is 2.52. The van der Waals surface area contributed by atoms with Gasteiger partial charge in [-0.05, 0) is 62.0 Å². The van der Waals surface area contributed by atoms with Gasteiger partial charge in [0.15, 0.2) is 0 Å². The molecule has 16 heavy (non-hydrogen) atoms. The Bertz CT molecular complexity index is 527. The van der Waals surface area contributed by atoms with Crippen molar-refractivity contribution in [2.75, 3.05) is 6.61 Å². The lowest BCUT2D eigenvalue weighted by Gasteiger charge is -2.04. The summed E-state index contributed by atoms with van der Waals surface area (Å²) in [7, 11) is 0. The molecular weight excluding hydrogens is 359 g/mol. The van der Waals surface area contributed by atoms with Gasteiger partial charge in [0.1, 0.15) is 0 Å². The lowest BCUT2D eigenvalue weighted by atomic mass is 10.3. The second-order valence-corrected chi connectivity index (χ2v) is 5.41. The van der Waals surface area contributed by atoms with Crippen LogP contribution in [0.1, 0.15) is 6.42 Å². The Kier molecular flexibility index (Phi) is 3.89. The fourth-order valence-electron chi connectivity index (χ4n) is 1.53. The van der Waals surface area contributed by atoms with Gasteiger partial charge in [-0.3, -0.25) is 0 Å². The Morgan fingerprint density at radius 3 is 2.69 bits per heavy atom. The summed E-state index contributed by atoms with van der Waals surface area (Å²) in [5, 5.41) is 9.29. The molecule has 0 fully saturated rings. The first-order valence-corrected chi connectivity index (χ1v) is 6.71. The molecule has 0 aliphatic carbocycles. The quantitative estimate of drug-likeness (QED) is 0.899. The summed E-state index contributed by atoms with van der Waals surface area (Å²) in [4.78, 5) is 4.26. The number of halogens is 3. The second-order valence-electron chi connectivity index (χ2n) is 3.36. The number of nitrogens with zero attached hydrogens (tertiary/aromatic N) is 2. The average molecular weight is 368 g/mol. The third kappa shape index (κ3) is 2.27. The Balaban J connectivity index is 2.55. The standard InChI is InChI=1S/C10H9Br2ClN2O/c11-6-4-8-9(5-7(6)12)15(2-1-3-16)10(13)14-8/h4-5,16H,1-3H2. The van der Waals surface area contributed by atoms with Crippen molar-refractivity contribution in [3.05, 3.63) is 26.4 Å². The van der Waals surface area contributed by atoms with Crippen LogP contribution in [0, 0.1) is 0 Å². The number of aryl methyl sites for hydroxylation is 1. The number of aromatic nitrogens is 2. The molecule has 0 saturated carbocycles. The van der Waals surface area contributed by atoms with E-state index in [1.165, 1.54) is 0 Å². The van der Waals surface area contributed by atoms with Crippen LogP contribution < -0.4 is 0 Å². The molecule has 0 saturated heterocycles. The van der Waals surface area contributed by atoms with Gasteiger partial charge in [-0.1, -0.05) is 0 Å². The van der Waals surface area contributed by atoms with Gasteiger partial charge in [0.2, 0.25) is 5.28 Å². The highest BCUT2D eigenvalue weighted by Crippen LogP contribution is 2.30. The number of benzene rings is 1. The van der Waals surface area contributed by atoms with Crippen LogP contribution in [0.3, 0.4) is 0 Å². The maximum atomic E-state index is 8.83. The van der Waals surface area contributed by atoms with E-state index < -0.39 is 0 Å². The zero-order valence-corrected chi connectivity index (χ0v) is 12.2. The summed E-state index contributed by atoms with van der Waals surface area (Å²) in [5.41, 5.74) is 1.81. The molecule has 1 aromatic heterocycles. The van der Waals surface area contributed by atoms with Gasteiger partial charge in [0, 0.05) is 22.1 Å². The topological polar surface area (TPSA) is 38.0 Å². The molecule has 1 aromatic carbocycles. The molecule has 0 amide bonds. The number of hydrogen-bond donors (Lipinski definition) is 1. The molecule has 3 nitrogen and oxygen atoms in total. The second kappa shape index (κ2) is 5.04. The lowest BCUT2D eigenvalue weighted by Crippen LogP contribution is -2.00. The minimum atomic E-state index is 0.147. The highest BCUT2D eigenvalue weighted by Gasteiger charge is 2.10. The Hall–Kier alpha value is -0.100. The monoisotopic (exact) mass is 366 g/mol. The van der Waals surface area contributed by atoms with Crippen molar-refractivity contribution < 1.29 is 5.11 Å². The van der Waals surface area contributed by atoms with Crippen LogP contribution in [0.2, 0.25) is 5.28 Å². The third-order valence-electron chi connectivity index (χ3n) is 2.28. The largest absolute Gasteiger partial charge is 0.396 e. The van der Waals surface area contributed by atoms with Gasteiger partial charge < -0.3 is 9.67 Å². The first-order valence-electron chi connectivity index (χ1n) is 4.75. The van der Waals surface area contributed by atoms with Crippen LogP contribution in [-0.2, 0) is 6.54 Å². The van der Waals surface area contributed by atoms with Gasteiger partial charge in [0.25, 0.3) is 0 Å². The van der Waals surface area contributed by atoms with E-state index in [9.17, 15) is 0 Å². The van der Waals surface area contributed by atoms with Crippen LogP contribution in [0.5, 0.6) is 0 Å². The van der Waals surface area contributed by atoms with E-state index in [-0.39, 0.29) is 6.61 Å². The minimum Gasteiger partial charge on any atom is -0.396 e. The molecule has 2 aromatic rings. The predicted octanol–water partition coefficient (Wildman–Crippen LogP) is 3.60. The number of hydrogen-bond acceptors (Lipinski definition) is 2. The van der Waals surface area contributed by atoms with Crippen molar-refractivity contribution in [3.8, 4) is 0 Å². The van der Waals surface area contributed by atoms with Crippen LogP contribution in [0.25, 0.3) is 11.0 Å². The molecule has 0 bridgehead atoms. The van der Waals surface area contributed by atoms with Crippen LogP contribution in [0.4, 0.5) is 0 Å². The highest BCUT2D eigenvalue weighted by atomic mass is 79.9. The van der Waals surface area contributed by atoms with Gasteiger partial charge in [-0.2, -0.15) is 0 Å². The van der Waals surface area contributed by atoms with E-state index >= 15 is 0 Å². The smallest absolute Gasteiger partial charge is 0.203 e. The maximum absolute atomic E-state index is 8.83. The first-order chi connectivity index (χ1) is 7.63. The van der Waals surface area contributed by atoms with E-state index in [2.05, 4.69) is 36.8 Å². The van der Waals surface area contributed by atoms with E-state index in [1.807, 2.05) is 16.7 Å². The molecule has 0 unspecified atom stereocenters. The van der Waals surface area contributed by atoms with Crippen LogP contribution >= 0.6 is 43.5 Å². The van der Waals surface area contributed by atoms with Gasteiger partial charge in [-0.25, -0.2) is 4.98 Å². The molecule has 0 aliphatic heterocycles. The lowest BCUT2D eigenvalue weighted by molar-refractivity contribution is 0.280. The van der Waals surface area contributed by atoms with E-state index in [1.54, 1.807) is 0 Å². The summed E-state index contributed by atoms with van der Waals surface area (Å²) < 4.78 is 3.80. The van der Waals surface area contributed by atoms with Crippen molar-refractivity contribution in [1.29, 1.82) is 0 Å². The molecule has 6 heteroatoms. The van der Waals surface area contributed by atoms with Crippen molar-refractivity contribution >= 4 is 54.5 Å².